The molecule has 0 spiro atoms. The molecule has 5 nitrogen and oxygen atoms in total. The summed E-state index contributed by atoms with van der Waals surface area (Å²) in [7, 11) is 1.40. The van der Waals surface area contributed by atoms with E-state index in [-0.39, 0.29) is 44.9 Å². The Morgan fingerprint density at radius 2 is 1.24 bits per heavy atom. The Bertz CT molecular complexity index is 1440. The van der Waals surface area contributed by atoms with Crippen molar-refractivity contribution in [3.05, 3.63) is 71.8 Å². The maximum Gasteiger partial charge on any atom is 0.407 e. The van der Waals surface area contributed by atoms with Crippen molar-refractivity contribution in [1.82, 2.24) is 5.32 Å². The van der Waals surface area contributed by atoms with Gasteiger partial charge in [0.05, 0.1) is 22.9 Å². The first-order valence-corrected chi connectivity index (χ1v) is 20.0. The molecule has 2 aromatic carbocycles. The van der Waals surface area contributed by atoms with Gasteiger partial charge in [-0.15, -0.1) is 46.4 Å². The molecule has 1 heterocycles. The third kappa shape index (κ3) is 7.85. The Hall–Kier alpha value is -1.21. The topological polar surface area (TPSA) is 73.6 Å². The molecule has 8 saturated carbocycles. The molecule has 1 amide bonds. The third-order valence-corrected chi connectivity index (χ3v) is 14.9. The Labute approximate surface area is 320 Å². The number of nitrogens with two attached hydrogens (primary N) is 1. The molecule has 11 rings (SSSR count). The number of carbonyl (C=O) groups is 1. The van der Waals surface area contributed by atoms with Gasteiger partial charge in [0.2, 0.25) is 0 Å². The number of amides is 1. The largest absolute Gasteiger partial charge is 0.453 e. The van der Waals surface area contributed by atoms with Gasteiger partial charge >= 0.3 is 6.09 Å². The molecule has 1 saturated heterocycles. The van der Waals surface area contributed by atoms with Crippen LogP contribution < -0.4 is 11.1 Å². The van der Waals surface area contributed by atoms with Gasteiger partial charge in [0.15, 0.2) is 0 Å². The van der Waals surface area contributed by atoms with Crippen molar-refractivity contribution in [3.63, 3.8) is 0 Å². The number of alkyl carbamates (subject to hydrolysis) is 1. The first-order chi connectivity index (χ1) is 23.4. The van der Waals surface area contributed by atoms with Gasteiger partial charge in [-0.25, -0.2) is 4.79 Å². The molecular formula is C41H56Cl4N2O3. The number of hydrogen-bond donors (Lipinski definition) is 2. The van der Waals surface area contributed by atoms with Crippen LogP contribution in [0, 0.1) is 35.5 Å². The van der Waals surface area contributed by atoms with Crippen LogP contribution in [0.1, 0.15) is 108 Å². The molecule has 1 aliphatic heterocycles. The van der Waals surface area contributed by atoms with Crippen molar-refractivity contribution < 1.29 is 14.3 Å². The molecule has 9 heteroatoms. The third-order valence-electron chi connectivity index (χ3n) is 12.9. The predicted molar refractivity (Wildman–Crippen MR) is 206 cm³/mol. The van der Waals surface area contributed by atoms with E-state index in [2.05, 4.69) is 41.7 Å². The number of nitrogens with one attached hydrogen (secondary N) is 1. The first kappa shape index (κ1) is 38.5. The minimum atomic E-state index is -0.404. The highest BCUT2D eigenvalue weighted by Gasteiger charge is 2.64. The average Bonchev–Trinajstić information content (AvgIpc) is 3.63. The maximum absolute atomic E-state index is 12.0. The second-order valence-corrected chi connectivity index (χ2v) is 19.6. The van der Waals surface area contributed by atoms with Crippen molar-refractivity contribution >= 4 is 52.5 Å². The van der Waals surface area contributed by atoms with E-state index in [1.165, 1.54) is 38.4 Å². The fourth-order valence-electron chi connectivity index (χ4n) is 11.8. The van der Waals surface area contributed by atoms with Gasteiger partial charge in [0, 0.05) is 40.8 Å². The number of methoxy groups -OCH3 is 1. The summed E-state index contributed by atoms with van der Waals surface area (Å²) >= 11 is 27.9. The van der Waals surface area contributed by atoms with Crippen LogP contribution in [0.25, 0.3) is 0 Å². The zero-order valence-electron chi connectivity index (χ0n) is 28.6. The highest BCUT2D eigenvalue weighted by molar-refractivity contribution is 6.29. The Balaban J connectivity index is 0.000000151. The predicted octanol–water partition coefficient (Wildman–Crippen LogP) is 10.8. The van der Waals surface area contributed by atoms with Crippen LogP contribution in [0.2, 0.25) is 0 Å². The molecule has 2 aromatic rings. The molecule has 8 bridgehead atoms. The molecule has 3 N–H and O–H groups in total. The summed E-state index contributed by atoms with van der Waals surface area (Å²) in [4.78, 5) is 11.3. The van der Waals surface area contributed by atoms with Crippen molar-refractivity contribution in [2.75, 3.05) is 20.3 Å². The lowest BCUT2D eigenvalue weighted by Gasteiger charge is -2.63. The first-order valence-electron chi connectivity index (χ1n) is 18.4. The number of ether oxygens (including phenoxy) is 2. The van der Waals surface area contributed by atoms with Crippen LogP contribution in [0.3, 0.4) is 0 Å². The molecule has 276 valence electrons. The van der Waals surface area contributed by atoms with Crippen LogP contribution in [0.15, 0.2) is 60.7 Å². The van der Waals surface area contributed by atoms with Gasteiger partial charge in [-0.3, -0.25) is 0 Å². The summed E-state index contributed by atoms with van der Waals surface area (Å²) in [5.74, 6) is 2.94. The zero-order chi connectivity index (χ0) is 34.4. The molecule has 50 heavy (non-hydrogen) atoms. The molecule has 0 radical (unpaired) electrons. The van der Waals surface area contributed by atoms with E-state index in [1.54, 1.807) is 0 Å². The van der Waals surface area contributed by atoms with Crippen molar-refractivity contribution in [3.8, 4) is 0 Å². The molecule has 0 aromatic heterocycles. The summed E-state index contributed by atoms with van der Waals surface area (Å²) in [6, 6.07) is 20.4. The number of rotatable bonds is 5. The monoisotopic (exact) mass is 764 g/mol. The average molecular weight is 767 g/mol. The maximum atomic E-state index is 12.0. The van der Waals surface area contributed by atoms with Crippen LogP contribution >= 0.6 is 46.4 Å². The number of halogens is 4. The second-order valence-electron chi connectivity index (χ2n) is 16.5. The van der Waals surface area contributed by atoms with Gasteiger partial charge in [-0.05, 0) is 112 Å². The van der Waals surface area contributed by atoms with Gasteiger partial charge in [-0.2, -0.15) is 0 Å². The van der Waals surface area contributed by atoms with E-state index in [1.807, 2.05) is 24.3 Å². The SMILES string of the molecule is C.C1CCOC1.COC(=O)N[C@@H](c1ccccc1)[C@H]1C2C[C@H]3C[C@](Cl)(C2)C[C@@]1(Cl)C3.N[C@@H](c1ccccc1)[C@H]1C2C[C@H]3C[C@](Cl)(C2)C[C@@]1(Cl)C3. The molecule has 8 aliphatic carbocycles. The number of benzene rings is 2. The molecular weight excluding hydrogens is 710 g/mol. The molecule has 2 unspecified atom stereocenters. The zero-order valence-corrected chi connectivity index (χ0v) is 31.6. The summed E-state index contributed by atoms with van der Waals surface area (Å²) in [6.07, 6.45) is 12.8. The number of hydrogen-bond acceptors (Lipinski definition) is 4. The highest BCUT2D eigenvalue weighted by atomic mass is 35.5. The minimum absolute atomic E-state index is 0. The van der Waals surface area contributed by atoms with Crippen LogP contribution in [-0.4, -0.2) is 45.9 Å². The minimum Gasteiger partial charge on any atom is -0.453 e. The van der Waals surface area contributed by atoms with Gasteiger partial charge in [0.25, 0.3) is 0 Å². The summed E-state index contributed by atoms with van der Waals surface area (Å²) in [5, 5.41) is 3.06. The quantitative estimate of drug-likeness (QED) is 0.297. The molecule has 12 atom stereocenters. The fourth-order valence-corrected chi connectivity index (χ4v) is 14.8. The van der Waals surface area contributed by atoms with Crippen LogP contribution in [0.4, 0.5) is 4.79 Å². The second kappa shape index (κ2) is 15.3. The smallest absolute Gasteiger partial charge is 0.407 e. The lowest BCUT2D eigenvalue weighted by molar-refractivity contribution is -0.0241. The highest BCUT2D eigenvalue weighted by Crippen LogP contribution is 2.68. The molecule has 9 fully saturated rings. The van der Waals surface area contributed by atoms with E-state index in [0.717, 1.165) is 76.1 Å². The number of carbonyl (C=O) groups excluding carboxylic acids is 1. The van der Waals surface area contributed by atoms with Crippen molar-refractivity contribution in [2.24, 2.45) is 41.2 Å². The van der Waals surface area contributed by atoms with Crippen LogP contribution in [-0.2, 0) is 9.47 Å². The fraction of sp³-hybridized carbons (Fsp3) is 0.683. The molecule has 9 aliphatic rings. The van der Waals surface area contributed by atoms with Crippen molar-refractivity contribution in [1.29, 1.82) is 0 Å². The lowest BCUT2D eigenvalue weighted by atomic mass is 9.49. The Kier molecular flexibility index (Phi) is 11.8. The lowest BCUT2D eigenvalue weighted by Crippen LogP contribution is -2.62. The van der Waals surface area contributed by atoms with E-state index in [4.69, 9.17) is 61.6 Å². The normalized spacial score (nSPS) is 41.1. The summed E-state index contributed by atoms with van der Waals surface area (Å²) < 4.78 is 9.82. The van der Waals surface area contributed by atoms with E-state index < -0.39 is 6.09 Å². The van der Waals surface area contributed by atoms with Gasteiger partial charge in [0.1, 0.15) is 0 Å². The Morgan fingerprint density at radius 1 is 0.760 bits per heavy atom. The Morgan fingerprint density at radius 3 is 1.66 bits per heavy atom. The van der Waals surface area contributed by atoms with E-state index in [0.29, 0.717) is 23.7 Å². The van der Waals surface area contributed by atoms with Gasteiger partial charge < -0.3 is 20.5 Å². The standard InChI is InChI=1S/C19H23Cl2NO2.C17H21Cl2N.C4H8O.CH4/c1-24-17(23)22-16(13-5-3-2-4-6-13)15-14-7-12-8-18(20,10-14)11-19(15,21)9-12;18-16-7-11-6-13(9-16)14(17(19,8-11)10-16)15(20)12-4-2-1-3-5-12;1-2-4-5-3-1;/h2-6,12,14-16H,7-11H2,1H3,(H,22,23);1-5,11,13-15H,6-10,20H2;1-4H2;1H4/t12-,14?,15+,16-,18-,19-;11-,13?,14+,15-,16-,17-;;/m00../s1. The van der Waals surface area contributed by atoms with Crippen molar-refractivity contribution in [2.45, 2.75) is 116 Å². The van der Waals surface area contributed by atoms with E-state index >= 15 is 0 Å². The van der Waals surface area contributed by atoms with Gasteiger partial charge in [-0.1, -0.05) is 68.1 Å². The summed E-state index contributed by atoms with van der Waals surface area (Å²) in [6.45, 7) is 2.00. The summed E-state index contributed by atoms with van der Waals surface area (Å²) in [5.41, 5.74) is 8.92. The van der Waals surface area contributed by atoms with Crippen LogP contribution in [0.5, 0.6) is 0 Å². The van der Waals surface area contributed by atoms with E-state index in [9.17, 15) is 4.79 Å². The number of alkyl halides is 4.